The summed E-state index contributed by atoms with van der Waals surface area (Å²) >= 11 is 0. The summed E-state index contributed by atoms with van der Waals surface area (Å²) in [5.41, 5.74) is 2.50. The summed E-state index contributed by atoms with van der Waals surface area (Å²) in [6.45, 7) is 3.93. The predicted octanol–water partition coefficient (Wildman–Crippen LogP) is 1.90. The first kappa shape index (κ1) is 20.3. The Morgan fingerprint density at radius 2 is 1.73 bits per heavy atom. The molecule has 2 aliphatic heterocycles. The van der Waals surface area contributed by atoms with Crippen LogP contribution in [0.25, 0.3) is 0 Å². The van der Waals surface area contributed by atoms with Crippen LogP contribution in [0, 0.1) is 0 Å². The van der Waals surface area contributed by atoms with E-state index < -0.39 is 0 Å². The molecule has 3 heterocycles. The van der Waals surface area contributed by atoms with E-state index in [4.69, 9.17) is 0 Å². The molecule has 0 spiro atoms. The highest BCUT2D eigenvalue weighted by molar-refractivity contribution is 5.82. The van der Waals surface area contributed by atoms with Crippen LogP contribution in [0.5, 0.6) is 0 Å². The third-order valence-corrected chi connectivity index (χ3v) is 6.01. The van der Waals surface area contributed by atoms with Gasteiger partial charge in [0.05, 0.1) is 6.54 Å². The van der Waals surface area contributed by atoms with Crippen molar-refractivity contribution in [2.75, 3.05) is 73.9 Å². The van der Waals surface area contributed by atoms with Crippen LogP contribution in [-0.2, 0) is 4.79 Å². The molecule has 2 aliphatic rings. The van der Waals surface area contributed by atoms with Gasteiger partial charge in [0.1, 0.15) is 18.0 Å². The number of likely N-dealkylation sites (N-methyl/N-ethyl adjacent to an activating group) is 1. The minimum atomic E-state index is 0.125. The Labute approximate surface area is 178 Å². The second kappa shape index (κ2) is 8.77. The van der Waals surface area contributed by atoms with Crippen LogP contribution in [0.2, 0.25) is 0 Å². The lowest BCUT2D eigenvalue weighted by Gasteiger charge is -2.35. The number of anilines is 4. The Hall–Kier alpha value is -3.03. The van der Waals surface area contributed by atoms with E-state index in [1.54, 1.807) is 11.2 Å². The van der Waals surface area contributed by atoms with E-state index in [9.17, 15) is 4.79 Å². The highest BCUT2D eigenvalue weighted by atomic mass is 16.2. The van der Waals surface area contributed by atoms with Crippen LogP contribution in [0.4, 0.5) is 23.0 Å². The molecule has 1 N–H and O–H groups in total. The maximum atomic E-state index is 12.0. The van der Waals surface area contributed by atoms with Gasteiger partial charge in [-0.15, -0.1) is 0 Å². The SMILES string of the molecule is CN1CCN(c2cc(NC3CCN(c4ccc(N(C)C)cc4)CC3)ncn2)CC1=O. The van der Waals surface area contributed by atoms with Gasteiger partial charge in [-0.25, -0.2) is 9.97 Å². The zero-order valence-corrected chi connectivity index (χ0v) is 18.1. The van der Waals surface area contributed by atoms with Gasteiger partial charge in [0.15, 0.2) is 0 Å². The number of carbonyl (C=O) groups is 1. The Balaban J connectivity index is 1.32. The minimum absolute atomic E-state index is 0.125. The summed E-state index contributed by atoms with van der Waals surface area (Å²) in [7, 11) is 5.97. The van der Waals surface area contributed by atoms with Gasteiger partial charge < -0.3 is 24.9 Å². The fourth-order valence-electron chi connectivity index (χ4n) is 4.01. The molecule has 0 aliphatic carbocycles. The molecule has 1 aromatic carbocycles. The summed E-state index contributed by atoms with van der Waals surface area (Å²) in [6.07, 6.45) is 3.70. The second-order valence-electron chi connectivity index (χ2n) is 8.31. The van der Waals surface area contributed by atoms with Crippen LogP contribution in [0.3, 0.4) is 0 Å². The number of rotatable bonds is 5. The van der Waals surface area contributed by atoms with E-state index in [2.05, 4.69) is 63.4 Å². The molecule has 0 atom stereocenters. The summed E-state index contributed by atoms with van der Waals surface area (Å²) in [6, 6.07) is 11.1. The van der Waals surface area contributed by atoms with E-state index in [-0.39, 0.29) is 5.91 Å². The Kier molecular flexibility index (Phi) is 5.92. The Bertz CT molecular complexity index is 862. The third kappa shape index (κ3) is 4.58. The van der Waals surface area contributed by atoms with E-state index in [1.165, 1.54) is 11.4 Å². The highest BCUT2D eigenvalue weighted by Crippen LogP contribution is 2.25. The molecule has 2 fully saturated rings. The van der Waals surface area contributed by atoms with Gasteiger partial charge in [0, 0.05) is 70.8 Å². The van der Waals surface area contributed by atoms with Crippen molar-refractivity contribution in [2.24, 2.45) is 0 Å². The number of piperidine rings is 1. The smallest absolute Gasteiger partial charge is 0.241 e. The molecule has 2 saturated heterocycles. The molecule has 8 heteroatoms. The number of amides is 1. The first-order valence-electron chi connectivity index (χ1n) is 10.6. The van der Waals surface area contributed by atoms with Crippen molar-refractivity contribution in [3.63, 3.8) is 0 Å². The highest BCUT2D eigenvalue weighted by Gasteiger charge is 2.23. The average Bonchev–Trinajstić information content (AvgIpc) is 2.76. The molecule has 0 radical (unpaired) electrons. The van der Waals surface area contributed by atoms with Gasteiger partial charge in [-0.05, 0) is 37.1 Å². The maximum Gasteiger partial charge on any atom is 0.241 e. The van der Waals surface area contributed by atoms with Crippen molar-refractivity contribution in [1.29, 1.82) is 0 Å². The number of nitrogens with zero attached hydrogens (tertiary/aromatic N) is 6. The summed E-state index contributed by atoms with van der Waals surface area (Å²) in [5, 5.41) is 3.57. The van der Waals surface area contributed by atoms with Crippen molar-refractivity contribution < 1.29 is 4.79 Å². The standard InChI is InChI=1S/C22H31N7O/c1-26(2)18-4-6-19(7-5-18)28-10-8-17(9-11-28)25-20-14-21(24-16-23-20)29-13-12-27(3)22(30)15-29/h4-7,14,16-17H,8-13,15H2,1-3H3,(H,23,24,25). The zero-order valence-electron chi connectivity index (χ0n) is 18.1. The van der Waals surface area contributed by atoms with Gasteiger partial charge in [-0.2, -0.15) is 0 Å². The first-order valence-corrected chi connectivity index (χ1v) is 10.6. The van der Waals surface area contributed by atoms with Crippen molar-refractivity contribution in [3.05, 3.63) is 36.7 Å². The van der Waals surface area contributed by atoms with Crippen molar-refractivity contribution in [3.8, 4) is 0 Å². The van der Waals surface area contributed by atoms with E-state index in [0.29, 0.717) is 12.6 Å². The van der Waals surface area contributed by atoms with Crippen LogP contribution < -0.4 is 20.0 Å². The van der Waals surface area contributed by atoms with Crippen molar-refractivity contribution >= 4 is 28.9 Å². The molecule has 160 valence electrons. The predicted molar refractivity (Wildman–Crippen MR) is 122 cm³/mol. The molecule has 8 nitrogen and oxygen atoms in total. The van der Waals surface area contributed by atoms with Gasteiger partial charge in [0.25, 0.3) is 0 Å². The van der Waals surface area contributed by atoms with E-state index in [1.807, 2.05) is 18.0 Å². The molecule has 2 aromatic rings. The number of hydrogen-bond acceptors (Lipinski definition) is 7. The molecule has 30 heavy (non-hydrogen) atoms. The molecule has 0 bridgehead atoms. The van der Waals surface area contributed by atoms with Crippen LogP contribution in [0.1, 0.15) is 12.8 Å². The number of piperazine rings is 1. The monoisotopic (exact) mass is 409 g/mol. The first-order chi connectivity index (χ1) is 14.5. The number of benzene rings is 1. The quantitative estimate of drug-likeness (QED) is 0.809. The fourth-order valence-corrected chi connectivity index (χ4v) is 4.01. The summed E-state index contributed by atoms with van der Waals surface area (Å²) < 4.78 is 0. The van der Waals surface area contributed by atoms with Crippen molar-refractivity contribution in [1.82, 2.24) is 14.9 Å². The largest absolute Gasteiger partial charge is 0.378 e. The number of aromatic nitrogens is 2. The number of hydrogen-bond donors (Lipinski definition) is 1. The Morgan fingerprint density at radius 1 is 1.00 bits per heavy atom. The maximum absolute atomic E-state index is 12.0. The van der Waals surface area contributed by atoms with Crippen LogP contribution >= 0.6 is 0 Å². The molecule has 0 unspecified atom stereocenters. The van der Waals surface area contributed by atoms with Gasteiger partial charge in [0.2, 0.25) is 5.91 Å². The van der Waals surface area contributed by atoms with Gasteiger partial charge >= 0.3 is 0 Å². The van der Waals surface area contributed by atoms with E-state index in [0.717, 1.165) is 50.7 Å². The van der Waals surface area contributed by atoms with Crippen LogP contribution in [-0.4, -0.2) is 80.7 Å². The van der Waals surface area contributed by atoms with Crippen LogP contribution in [0.15, 0.2) is 36.7 Å². The lowest BCUT2D eigenvalue weighted by Crippen LogP contribution is -2.48. The lowest BCUT2D eigenvalue weighted by atomic mass is 10.0. The second-order valence-corrected chi connectivity index (χ2v) is 8.31. The topological polar surface area (TPSA) is 67.8 Å². The minimum Gasteiger partial charge on any atom is -0.378 e. The summed E-state index contributed by atoms with van der Waals surface area (Å²) in [4.78, 5) is 29.1. The van der Waals surface area contributed by atoms with Crippen molar-refractivity contribution in [2.45, 2.75) is 18.9 Å². The number of nitrogens with one attached hydrogen (secondary N) is 1. The molecule has 4 rings (SSSR count). The molecular weight excluding hydrogens is 378 g/mol. The van der Waals surface area contributed by atoms with E-state index >= 15 is 0 Å². The third-order valence-electron chi connectivity index (χ3n) is 6.01. The number of carbonyl (C=O) groups excluding carboxylic acids is 1. The van der Waals surface area contributed by atoms with Gasteiger partial charge in [-0.1, -0.05) is 0 Å². The fraction of sp³-hybridized carbons (Fsp3) is 0.500. The molecule has 0 saturated carbocycles. The average molecular weight is 410 g/mol. The van der Waals surface area contributed by atoms with Gasteiger partial charge in [-0.3, -0.25) is 4.79 Å². The molecular formula is C22H31N7O. The lowest BCUT2D eigenvalue weighted by molar-refractivity contribution is -0.129. The molecule has 1 amide bonds. The Morgan fingerprint density at radius 3 is 2.40 bits per heavy atom. The normalized spacial score (nSPS) is 18.0. The molecule has 1 aromatic heterocycles. The zero-order chi connectivity index (χ0) is 21.1. The summed E-state index contributed by atoms with van der Waals surface area (Å²) in [5.74, 6) is 1.77.